The Morgan fingerprint density at radius 2 is 2.14 bits per heavy atom. The molecule has 0 aliphatic heterocycles. The summed E-state index contributed by atoms with van der Waals surface area (Å²) in [4.78, 5) is 20.3. The summed E-state index contributed by atoms with van der Waals surface area (Å²) in [6.07, 6.45) is 8.45. The molecule has 0 spiro atoms. The molecule has 0 aromatic carbocycles. The molecular weight excluding hydrogens is 266 g/mol. The van der Waals surface area contributed by atoms with Gasteiger partial charge in [0.25, 0.3) is 0 Å². The number of carbonyl (C=O) groups is 1. The van der Waals surface area contributed by atoms with Crippen molar-refractivity contribution in [2.45, 2.75) is 44.9 Å². The summed E-state index contributed by atoms with van der Waals surface area (Å²) in [7, 11) is 0. The minimum atomic E-state index is -0.127. The molecule has 0 unspecified atom stereocenters. The summed E-state index contributed by atoms with van der Waals surface area (Å²) in [6, 6.07) is 1.94. The van der Waals surface area contributed by atoms with Gasteiger partial charge in [-0.2, -0.15) is 5.10 Å². The molecule has 6 heteroatoms. The van der Waals surface area contributed by atoms with Gasteiger partial charge in [-0.15, -0.1) is 0 Å². The van der Waals surface area contributed by atoms with E-state index in [4.69, 9.17) is 0 Å². The number of aryl methyl sites for hydroxylation is 1. The third-order valence-corrected chi connectivity index (χ3v) is 3.84. The van der Waals surface area contributed by atoms with Crippen LogP contribution in [-0.2, 0) is 11.2 Å². The van der Waals surface area contributed by atoms with Crippen LogP contribution in [0.1, 0.15) is 48.7 Å². The molecule has 0 atom stereocenters. The van der Waals surface area contributed by atoms with E-state index in [9.17, 15) is 4.79 Å². The molecule has 1 amide bonds. The maximum atomic E-state index is 12.0. The molecule has 1 aliphatic carbocycles. The first-order valence-corrected chi connectivity index (χ1v) is 7.33. The van der Waals surface area contributed by atoms with Crippen LogP contribution < -0.4 is 5.32 Å². The van der Waals surface area contributed by atoms with Crippen molar-refractivity contribution in [2.24, 2.45) is 0 Å². The Hall–Kier alpha value is -2.24. The van der Waals surface area contributed by atoms with Crippen molar-refractivity contribution in [3.05, 3.63) is 35.5 Å². The number of nitrogens with zero attached hydrogens (tertiary/aromatic N) is 3. The van der Waals surface area contributed by atoms with E-state index in [1.165, 1.54) is 25.7 Å². The van der Waals surface area contributed by atoms with Gasteiger partial charge in [-0.3, -0.25) is 19.9 Å². The number of rotatable bonds is 4. The predicted octanol–water partition coefficient (Wildman–Crippen LogP) is 2.35. The molecule has 2 aromatic rings. The second-order valence-electron chi connectivity index (χ2n) is 5.56. The Morgan fingerprint density at radius 3 is 2.86 bits per heavy atom. The molecular formula is C15H19N5O. The lowest BCUT2D eigenvalue weighted by Gasteiger charge is -2.03. The molecule has 6 nitrogen and oxygen atoms in total. The lowest BCUT2D eigenvalue weighted by Crippen LogP contribution is -2.15. The highest BCUT2D eigenvalue weighted by Crippen LogP contribution is 2.33. The van der Waals surface area contributed by atoms with Crippen molar-refractivity contribution in [2.75, 3.05) is 5.32 Å². The number of H-pyrrole nitrogens is 1. The molecule has 1 aliphatic rings. The minimum absolute atomic E-state index is 0.127. The maximum Gasteiger partial charge on any atom is 0.231 e. The van der Waals surface area contributed by atoms with E-state index in [0.29, 0.717) is 17.4 Å². The first kappa shape index (κ1) is 13.7. The molecule has 2 aromatic heterocycles. The van der Waals surface area contributed by atoms with E-state index >= 15 is 0 Å². The van der Waals surface area contributed by atoms with Gasteiger partial charge in [0.2, 0.25) is 5.91 Å². The zero-order valence-corrected chi connectivity index (χ0v) is 12.1. The van der Waals surface area contributed by atoms with Gasteiger partial charge in [-0.1, -0.05) is 12.8 Å². The summed E-state index contributed by atoms with van der Waals surface area (Å²) in [5.74, 6) is 1.02. The number of anilines is 1. The average molecular weight is 285 g/mol. The molecule has 1 fully saturated rings. The zero-order valence-electron chi connectivity index (χ0n) is 12.1. The monoisotopic (exact) mass is 285 g/mol. The Labute approximate surface area is 123 Å². The normalized spacial score (nSPS) is 15.3. The van der Waals surface area contributed by atoms with Gasteiger partial charge in [0.15, 0.2) is 5.82 Å². The van der Waals surface area contributed by atoms with Crippen LogP contribution in [0.4, 0.5) is 5.82 Å². The van der Waals surface area contributed by atoms with Crippen LogP contribution in [0.5, 0.6) is 0 Å². The van der Waals surface area contributed by atoms with E-state index in [2.05, 4.69) is 25.5 Å². The Kier molecular flexibility index (Phi) is 3.94. The van der Waals surface area contributed by atoms with E-state index in [0.717, 1.165) is 11.4 Å². The van der Waals surface area contributed by atoms with Crippen molar-refractivity contribution in [1.29, 1.82) is 0 Å². The van der Waals surface area contributed by atoms with Crippen LogP contribution in [-0.4, -0.2) is 26.1 Å². The van der Waals surface area contributed by atoms with E-state index < -0.39 is 0 Å². The lowest BCUT2D eigenvalue weighted by molar-refractivity contribution is -0.115. The van der Waals surface area contributed by atoms with Crippen LogP contribution in [0, 0.1) is 6.92 Å². The van der Waals surface area contributed by atoms with Gasteiger partial charge >= 0.3 is 0 Å². The van der Waals surface area contributed by atoms with Crippen molar-refractivity contribution in [3.63, 3.8) is 0 Å². The van der Waals surface area contributed by atoms with Crippen LogP contribution in [0.25, 0.3) is 0 Å². The lowest BCUT2D eigenvalue weighted by atomic mass is 10.0. The van der Waals surface area contributed by atoms with Gasteiger partial charge in [0, 0.05) is 30.1 Å². The minimum Gasteiger partial charge on any atom is -0.309 e. The smallest absolute Gasteiger partial charge is 0.231 e. The fraction of sp³-hybridized carbons (Fsp3) is 0.467. The van der Waals surface area contributed by atoms with Crippen molar-refractivity contribution >= 4 is 11.7 Å². The number of amides is 1. The molecule has 21 heavy (non-hydrogen) atoms. The van der Waals surface area contributed by atoms with Gasteiger partial charge in [0.05, 0.1) is 17.8 Å². The SMILES string of the molecule is Cc1cnc(CC(=O)Nc2cc(C3CCCC3)[nH]n2)cn1. The fourth-order valence-corrected chi connectivity index (χ4v) is 2.71. The highest BCUT2D eigenvalue weighted by Gasteiger charge is 2.19. The number of aromatic nitrogens is 4. The third-order valence-electron chi connectivity index (χ3n) is 3.84. The van der Waals surface area contributed by atoms with E-state index in [1.54, 1.807) is 12.4 Å². The van der Waals surface area contributed by atoms with Gasteiger partial charge in [-0.05, 0) is 19.8 Å². The van der Waals surface area contributed by atoms with Crippen LogP contribution in [0.3, 0.4) is 0 Å². The average Bonchev–Trinajstić information content (AvgIpc) is 3.12. The van der Waals surface area contributed by atoms with Crippen molar-refractivity contribution in [3.8, 4) is 0 Å². The number of hydrogen-bond acceptors (Lipinski definition) is 4. The van der Waals surface area contributed by atoms with Crippen LogP contribution >= 0.6 is 0 Å². The number of aromatic amines is 1. The Morgan fingerprint density at radius 1 is 1.33 bits per heavy atom. The van der Waals surface area contributed by atoms with E-state index in [1.807, 2.05) is 13.0 Å². The first-order chi connectivity index (χ1) is 10.2. The van der Waals surface area contributed by atoms with Gasteiger partial charge in [0.1, 0.15) is 0 Å². The molecule has 0 bridgehead atoms. The highest BCUT2D eigenvalue weighted by atomic mass is 16.1. The summed E-state index contributed by atoms with van der Waals surface area (Å²) in [6.45, 7) is 1.87. The molecule has 1 saturated carbocycles. The molecule has 0 radical (unpaired) electrons. The van der Waals surface area contributed by atoms with Crippen LogP contribution in [0.15, 0.2) is 18.5 Å². The predicted molar refractivity (Wildman–Crippen MR) is 78.9 cm³/mol. The molecule has 110 valence electrons. The zero-order chi connectivity index (χ0) is 14.7. The van der Waals surface area contributed by atoms with Crippen molar-refractivity contribution in [1.82, 2.24) is 20.2 Å². The van der Waals surface area contributed by atoms with Gasteiger partial charge < -0.3 is 5.32 Å². The summed E-state index contributed by atoms with van der Waals surface area (Å²) in [5, 5.41) is 10.00. The second-order valence-corrected chi connectivity index (χ2v) is 5.56. The van der Waals surface area contributed by atoms with E-state index in [-0.39, 0.29) is 12.3 Å². The number of hydrogen-bond donors (Lipinski definition) is 2. The number of carbonyl (C=O) groups excluding carboxylic acids is 1. The van der Waals surface area contributed by atoms with Crippen molar-refractivity contribution < 1.29 is 4.79 Å². The summed E-state index contributed by atoms with van der Waals surface area (Å²) < 4.78 is 0. The second kappa shape index (κ2) is 6.03. The third kappa shape index (κ3) is 3.45. The summed E-state index contributed by atoms with van der Waals surface area (Å²) in [5.41, 5.74) is 2.62. The Balaban J connectivity index is 1.58. The standard InChI is InChI=1S/C15H19N5O/c1-10-8-17-12(9-16-10)6-15(21)18-14-7-13(19-20-14)11-4-2-3-5-11/h7-9,11H,2-6H2,1H3,(H2,18,19,20,21). The highest BCUT2D eigenvalue weighted by molar-refractivity contribution is 5.91. The summed E-state index contributed by atoms with van der Waals surface area (Å²) >= 11 is 0. The largest absolute Gasteiger partial charge is 0.309 e. The molecule has 0 saturated heterocycles. The Bertz CT molecular complexity index is 613. The topological polar surface area (TPSA) is 83.6 Å². The molecule has 3 rings (SSSR count). The number of nitrogens with one attached hydrogen (secondary N) is 2. The fourth-order valence-electron chi connectivity index (χ4n) is 2.71. The first-order valence-electron chi connectivity index (χ1n) is 7.33. The molecule has 2 N–H and O–H groups in total. The van der Waals surface area contributed by atoms with Gasteiger partial charge in [-0.25, -0.2) is 0 Å². The van der Waals surface area contributed by atoms with Crippen LogP contribution in [0.2, 0.25) is 0 Å². The molecule has 2 heterocycles. The quantitative estimate of drug-likeness (QED) is 0.903. The maximum absolute atomic E-state index is 12.0.